The molecule has 2 heterocycles. The number of rotatable bonds is 4. The number of ether oxygens (including phenoxy) is 1. The molecule has 4 rings (SSSR count). The van der Waals surface area contributed by atoms with Gasteiger partial charge in [0, 0.05) is 25.2 Å². The molecule has 0 saturated carbocycles. The lowest BCUT2D eigenvalue weighted by molar-refractivity contribution is -0.123. The molecule has 0 unspecified atom stereocenters. The largest absolute Gasteiger partial charge is 0.371 e. The van der Waals surface area contributed by atoms with Crippen molar-refractivity contribution in [2.24, 2.45) is 5.73 Å². The number of carbonyl (C=O) groups excluding carboxylic acids is 1. The van der Waals surface area contributed by atoms with E-state index in [4.69, 9.17) is 10.5 Å². The Morgan fingerprint density at radius 3 is 2.50 bits per heavy atom. The van der Waals surface area contributed by atoms with Gasteiger partial charge >= 0.3 is 0 Å². The van der Waals surface area contributed by atoms with Crippen LogP contribution in [0.15, 0.2) is 60.7 Å². The van der Waals surface area contributed by atoms with Crippen molar-refractivity contribution in [3.8, 4) is 0 Å². The summed E-state index contributed by atoms with van der Waals surface area (Å²) in [5.74, 6) is -0.110. The van der Waals surface area contributed by atoms with E-state index in [2.05, 4.69) is 22.3 Å². The van der Waals surface area contributed by atoms with E-state index in [9.17, 15) is 4.79 Å². The summed E-state index contributed by atoms with van der Waals surface area (Å²) in [6, 6.07) is 19.7. The highest BCUT2D eigenvalue weighted by Gasteiger charge is 2.38. The number of hydrogen-bond acceptors (Lipinski definition) is 4. The van der Waals surface area contributed by atoms with Gasteiger partial charge in [0.05, 0.1) is 12.7 Å². The van der Waals surface area contributed by atoms with Crippen molar-refractivity contribution < 1.29 is 9.53 Å². The Bertz CT molecular complexity index is 737. The maximum atomic E-state index is 12.5. The van der Waals surface area contributed by atoms with Crippen molar-refractivity contribution in [3.05, 3.63) is 71.8 Å². The van der Waals surface area contributed by atoms with Crippen LogP contribution in [0, 0.1) is 0 Å². The molecule has 3 N–H and O–H groups in total. The van der Waals surface area contributed by atoms with E-state index in [0.717, 1.165) is 25.1 Å². The number of benzene rings is 2. The Morgan fingerprint density at radius 2 is 1.77 bits per heavy atom. The van der Waals surface area contributed by atoms with E-state index >= 15 is 0 Å². The maximum Gasteiger partial charge on any atom is 0.241 e. The zero-order chi connectivity index (χ0) is 17.9. The van der Waals surface area contributed by atoms with Crippen LogP contribution in [0.5, 0.6) is 0 Å². The van der Waals surface area contributed by atoms with Gasteiger partial charge in [0.2, 0.25) is 5.91 Å². The summed E-state index contributed by atoms with van der Waals surface area (Å²) >= 11 is 0. The highest BCUT2D eigenvalue weighted by molar-refractivity contribution is 5.83. The van der Waals surface area contributed by atoms with Gasteiger partial charge < -0.3 is 15.8 Å². The van der Waals surface area contributed by atoms with Crippen LogP contribution in [0.2, 0.25) is 0 Å². The van der Waals surface area contributed by atoms with Gasteiger partial charge in [-0.15, -0.1) is 0 Å². The molecule has 2 aliphatic rings. The molecule has 0 aliphatic carbocycles. The molecule has 2 saturated heterocycles. The number of carbonyl (C=O) groups is 1. The fourth-order valence-electron chi connectivity index (χ4n) is 3.95. The molecule has 1 amide bonds. The summed E-state index contributed by atoms with van der Waals surface area (Å²) in [6.45, 7) is 2.42. The van der Waals surface area contributed by atoms with Gasteiger partial charge in [0.25, 0.3) is 0 Å². The second kappa shape index (κ2) is 7.58. The number of morpholine rings is 1. The molecule has 26 heavy (non-hydrogen) atoms. The number of nitrogens with zero attached hydrogens (tertiary/aromatic N) is 1. The van der Waals surface area contributed by atoms with Crippen LogP contribution in [0.1, 0.15) is 29.7 Å². The zero-order valence-corrected chi connectivity index (χ0v) is 14.8. The van der Waals surface area contributed by atoms with Crippen molar-refractivity contribution in [2.45, 2.75) is 30.7 Å². The lowest BCUT2D eigenvalue weighted by Crippen LogP contribution is -2.44. The molecule has 5 nitrogen and oxygen atoms in total. The van der Waals surface area contributed by atoms with Crippen molar-refractivity contribution in [3.63, 3.8) is 0 Å². The number of amides is 1. The first-order chi connectivity index (χ1) is 12.7. The van der Waals surface area contributed by atoms with E-state index in [1.165, 1.54) is 5.56 Å². The molecular weight excluding hydrogens is 326 g/mol. The Morgan fingerprint density at radius 1 is 1.08 bits per heavy atom. The highest BCUT2D eigenvalue weighted by Crippen LogP contribution is 2.30. The average molecular weight is 351 g/mol. The van der Waals surface area contributed by atoms with Crippen molar-refractivity contribution in [1.82, 2.24) is 10.2 Å². The number of nitrogens with one attached hydrogen (secondary N) is 1. The summed E-state index contributed by atoms with van der Waals surface area (Å²) in [5, 5.41) is 3.13. The number of fused-ring (bicyclic) bond motifs is 1. The molecule has 2 aromatic rings. The van der Waals surface area contributed by atoms with Crippen LogP contribution in [-0.4, -0.2) is 42.6 Å². The predicted octanol–water partition coefficient (Wildman–Crippen LogP) is 2.02. The normalized spacial score (nSPS) is 26.9. The molecule has 2 aromatic carbocycles. The standard InChI is InChI=1S/C21H25N3O2/c22-20(16-9-5-2-6-10-16)21(25)23-17-11-18-14-26-19(13-24(18)12-17)15-7-3-1-4-8-15/h1-10,17-20H,11-14,22H2,(H,23,25)/t17-,18+,19-,20+/m1/s1. The quantitative estimate of drug-likeness (QED) is 0.884. The summed E-state index contributed by atoms with van der Waals surface area (Å²) < 4.78 is 6.07. The Labute approximate surface area is 154 Å². The third-order valence-electron chi connectivity index (χ3n) is 5.38. The zero-order valence-electron chi connectivity index (χ0n) is 14.8. The SMILES string of the molecule is N[C@H](C(=O)N[C@@H]1C[C@H]2CO[C@@H](c3ccccc3)CN2C1)c1ccccc1. The lowest BCUT2D eigenvalue weighted by atomic mass is 10.1. The van der Waals surface area contributed by atoms with E-state index < -0.39 is 6.04 Å². The first-order valence-corrected chi connectivity index (χ1v) is 9.22. The number of hydrogen-bond donors (Lipinski definition) is 2. The van der Waals surface area contributed by atoms with E-state index in [1.54, 1.807) is 0 Å². The third-order valence-corrected chi connectivity index (χ3v) is 5.38. The summed E-state index contributed by atoms with van der Waals surface area (Å²) in [5.41, 5.74) is 8.16. The van der Waals surface area contributed by atoms with Crippen molar-refractivity contribution in [1.29, 1.82) is 0 Å². The molecule has 0 aromatic heterocycles. The van der Waals surface area contributed by atoms with Gasteiger partial charge in [-0.2, -0.15) is 0 Å². The summed E-state index contributed by atoms with van der Waals surface area (Å²) in [6.07, 6.45) is 1.02. The molecule has 0 spiro atoms. The van der Waals surface area contributed by atoms with Gasteiger partial charge in [0.15, 0.2) is 0 Å². The van der Waals surface area contributed by atoms with Gasteiger partial charge in [-0.1, -0.05) is 60.7 Å². The average Bonchev–Trinajstić information content (AvgIpc) is 3.10. The monoisotopic (exact) mass is 351 g/mol. The Balaban J connectivity index is 1.34. The first-order valence-electron chi connectivity index (χ1n) is 9.22. The summed E-state index contributed by atoms with van der Waals surface area (Å²) in [4.78, 5) is 14.9. The van der Waals surface area contributed by atoms with Crippen LogP contribution < -0.4 is 11.1 Å². The van der Waals surface area contributed by atoms with E-state index in [1.807, 2.05) is 48.5 Å². The van der Waals surface area contributed by atoms with Crippen LogP contribution in [0.25, 0.3) is 0 Å². The second-order valence-corrected chi connectivity index (χ2v) is 7.17. The molecule has 0 bridgehead atoms. The van der Waals surface area contributed by atoms with Crippen LogP contribution >= 0.6 is 0 Å². The fourth-order valence-corrected chi connectivity index (χ4v) is 3.95. The van der Waals surface area contributed by atoms with Crippen LogP contribution in [0.3, 0.4) is 0 Å². The Kier molecular flexibility index (Phi) is 5.02. The van der Waals surface area contributed by atoms with Crippen molar-refractivity contribution in [2.75, 3.05) is 19.7 Å². The van der Waals surface area contributed by atoms with Gasteiger partial charge in [-0.25, -0.2) is 0 Å². The topological polar surface area (TPSA) is 67.6 Å². The van der Waals surface area contributed by atoms with Crippen LogP contribution in [-0.2, 0) is 9.53 Å². The molecule has 136 valence electrons. The Hall–Kier alpha value is -2.21. The molecule has 4 atom stereocenters. The van der Waals surface area contributed by atoms with Gasteiger partial charge in [0.1, 0.15) is 6.04 Å². The second-order valence-electron chi connectivity index (χ2n) is 7.17. The number of nitrogens with two attached hydrogens (primary N) is 1. The molecule has 2 aliphatic heterocycles. The van der Waals surface area contributed by atoms with Gasteiger partial charge in [-0.3, -0.25) is 9.69 Å². The predicted molar refractivity (Wildman–Crippen MR) is 100 cm³/mol. The van der Waals surface area contributed by atoms with E-state index in [0.29, 0.717) is 12.6 Å². The molecule has 2 fully saturated rings. The van der Waals surface area contributed by atoms with E-state index in [-0.39, 0.29) is 18.1 Å². The van der Waals surface area contributed by atoms with Crippen LogP contribution in [0.4, 0.5) is 0 Å². The maximum absolute atomic E-state index is 12.5. The van der Waals surface area contributed by atoms with Crippen molar-refractivity contribution >= 4 is 5.91 Å². The molecule has 5 heteroatoms. The third kappa shape index (κ3) is 3.65. The first kappa shape index (κ1) is 17.2. The molecular formula is C21H25N3O2. The summed E-state index contributed by atoms with van der Waals surface area (Å²) in [7, 11) is 0. The minimum Gasteiger partial charge on any atom is -0.371 e. The minimum absolute atomic E-state index is 0.105. The highest BCUT2D eigenvalue weighted by atomic mass is 16.5. The fraction of sp³-hybridized carbons (Fsp3) is 0.381. The smallest absolute Gasteiger partial charge is 0.241 e. The minimum atomic E-state index is -0.623. The molecule has 0 radical (unpaired) electrons. The van der Waals surface area contributed by atoms with Gasteiger partial charge in [-0.05, 0) is 17.5 Å². The lowest BCUT2D eigenvalue weighted by Gasteiger charge is -2.35.